The summed E-state index contributed by atoms with van der Waals surface area (Å²) in [5.74, 6) is 0.285. The monoisotopic (exact) mass is 310 g/mol. The first kappa shape index (κ1) is 17.0. The quantitative estimate of drug-likeness (QED) is 0.743. The van der Waals surface area contributed by atoms with E-state index in [0.29, 0.717) is 6.42 Å². The van der Waals surface area contributed by atoms with Gasteiger partial charge in [0.2, 0.25) is 10.0 Å². The van der Waals surface area contributed by atoms with Gasteiger partial charge in [-0.1, -0.05) is 13.8 Å². The summed E-state index contributed by atoms with van der Waals surface area (Å²) in [5.41, 5.74) is 5.53. The molecule has 1 aromatic heterocycles. The van der Waals surface area contributed by atoms with Crippen LogP contribution in [0.3, 0.4) is 0 Å². The predicted octanol–water partition coefficient (Wildman–Crippen LogP) is 0.800. The van der Waals surface area contributed by atoms with Gasteiger partial charge < -0.3 is 5.73 Å². The first-order chi connectivity index (χ1) is 9.24. The molecule has 1 heterocycles. The molecule has 1 atom stereocenters. The summed E-state index contributed by atoms with van der Waals surface area (Å²) in [6.45, 7) is 3.44. The van der Waals surface area contributed by atoms with Crippen molar-refractivity contribution < 1.29 is 17.2 Å². The Hall–Kier alpha value is -1.06. The summed E-state index contributed by atoms with van der Waals surface area (Å²) in [6, 6.07) is -0.390. The van der Waals surface area contributed by atoms with Gasteiger partial charge in [0.05, 0.1) is 6.20 Å². The lowest BCUT2D eigenvalue weighted by Crippen LogP contribution is -2.40. The molecule has 0 saturated heterocycles. The van der Waals surface area contributed by atoms with Crippen molar-refractivity contribution in [2.45, 2.75) is 44.2 Å². The van der Waals surface area contributed by atoms with Gasteiger partial charge in [-0.3, -0.25) is 4.68 Å². The van der Waals surface area contributed by atoms with Crippen LogP contribution in [0, 0.1) is 5.92 Å². The lowest BCUT2D eigenvalue weighted by Gasteiger charge is -2.18. The highest BCUT2D eigenvalue weighted by Gasteiger charge is 2.22. The molecule has 9 heteroatoms. The fraction of sp³-hybridized carbons (Fsp3) is 0.727. The third-order valence-corrected chi connectivity index (χ3v) is 4.08. The van der Waals surface area contributed by atoms with Crippen molar-refractivity contribution in [2.75, 3.05) is 6.54 Å². The van der Waals surface area contributed by atoms with Crippen LogP contribution in [0.2, 0.25) is 0 Å². The molecule has 116 valence electrons. The lowest BCUT2D eigenvalue weighted by molar-refractivity contribution is 0.121. The number of nitrogens with two attached hydrogens (primary N) is 1. The number of sulfonamides is 1. The molecule has 1 aromatic rings. The zero-order valence-electron chi connectivity index (χ0n) is 11.5. The summed E-state index contributed by atoms with van der Waals surface area (Å²) >= 11 is 0. The zero-order chi connectivity index (χ0) is 15.3. The molecule has 6 nitrogen and oxygen atoms in total. The van der Waals surface area contributed by atoms with Crippen molar-refractivity contribution in [3.8, 4) is 0 Å². The zero-order valence-corrected chi connectivity index (χ0v) is 12.3. The van der Waals surface area contributed by atoms with Gasteiger partial charge in [-0.15, -0.1) is 0 Å². The van der Waals surface area contributed by atoms with Crippen LogP contribution in [0.25, 0.3) is 0 Å². The molecule has 3 N–H and O–H groups in total. The van der Waals surface area contributed by atoms with Gasteiger partial charge in [-0.05, 0) is 12.3 Å². The number of hydrogen-bond acceptors (Lipinski definition) is 4. The maximum atomic E-state index is 12.2. The van der Waals surface area contributed by atoms with Crippen molar-refractivity contribution in [1.29, 1.82) is 0 Å². The normalized spacial score (nSPS) is 14.2. The van der Waals surface area contributed by atoms with Gasteiger partial charge in [-0.25, -0.2) is 21.9 Å². The average Bonchev–Trinajstić information content (AvgIpc) is 2.75. The minimum absolute atomic E-state index is 0.139. The summed E-state index contributed by atoms with van der Waals surface area (Å²) in [6.07, 6.45) is 0.141. The Morgan fingerprint density at radius 2 is 2.10 bits per heavy atom. The van der Waals surface area contributed by atoms with Gasteiger partial charge in [0.1, 0.15) is 11.4 Å². The number of aromatic nitrogens is 2. The maximum Gasteiger partial charge on any atom is 0.257 e. The highest BCUT2D eigenvalue weighted by atomic mass is 32.2. The molecule has 20 heavy (non-hydrogen) atoms. The Labute approximate surface area is 117 Å². The topological polar surface area (TPSA) is 90.0 Å². The molecule has 0 aliphatic rings. The van der Waals surface area contributed by atoms with Gasteiger partial charge in [-0.2, -0.15) is 5.10 Å². The molecule has 0 aliphatic heterocycles. The van der Waals surface area contributed by atoms with Gasteiger partial charge in [0, 0.05) is 18.8 Å². The molecule has 0 aliphatic carbocycles. The van der Waals surface area contributed by atoms with E-state index in [2.05, 4.69) is 9.82 Å². The highest BCUT2D eigenvalue weighted by Crippen LogP contribution is 2.11. The first-order valence-electron chi connectivity index (χ1n) is 6.27. The minimum Gasteiger partial charge on any atom is -0.329 e. The molecule has 0 saturated carbocycles. The molecule has 0 spiro atoms. The number of hydrogen-bond donors (Lipinski definition) is 2. The largest absolute Gasteiger partial charge is 0.329 e. The van der Waals surface area contributed by atoms with Crippen LogP contribution in [-0.4, -0.2) is 37.2 Å². The van der Waals surface area contributed by atoms with Crippen LogP contribution in [0.15, 0.2) is 17.3 Å². The van der Waals surface area contributed by atoms with Crippen molar-refractivity contribution in [1.82, 2.24) is 14.5 Å². The van der Waals surface area contributed by atoms with Crippen LogP contribution in [0.5, 0.6) is 0 Å². The number of nitrogens with zero attached hydrogens (tertiary/aromatic N) is 2. The maximum absolute atomic E-state index is 12.2. The van der Waals surface area contributed by atoms with Crippen LogP contribution >= 0.6 is 0 Å². The Morgan fingerprint density at radius 1 is 1.45 bits per heavy atom. The summed E-state index contributed by atoms with van der Waals surface area (Å²) < 4.78 is 51.9. The molecule has 0 amide bonds. The predicted molar refractivity (Wildman–Crippen MR) is 70.8 cm³/mol. The Morgan fingerprint density at radius 3 is 2.60 bits per heavy atom. The molecule has 0 radical (unpaired) electrons. The fourth-order valence-electron chi connectivity index (χ4n) is 1.77. The Balaban J connectivity index is 2.79. The van der Waals surface area contributed by atoms with Crippen LogP contribution in [-0.2, 0) is 16.6 Å². The minimum atomic E-state index is -3.79. The molecular formula is C11H20F2N4O2S. The second-order valence-corrected chi connectivity index (χ2v) is 6.69. The second kappa shape index (κ2) is 7.09. The molecule has 0 fully saturated rings. The highest BCUT2D eigenvalue weighted by molar-refractivity contribution is 7.89. The van der Waals surface area contributed by atoms with E-state index in [0.717, 1.165) is 17.1 Å². The van der Waals surface area contributed by atoms with Crippen molar-refractivity contribution in [3.05, 3.63) is 12.4 Å². The van der Waals surface area contributed by atoms with Gasteiger partial charge in [0.25, 0.3) is 6.43 Å². The summed E-state index contributed by atoms with van der Waals surface area (Å²) in [4.78, 5) is -0.139. The first-order valence-corrected chi connectivity index (χ1v) is 7.76. The molecular weight excluding hydrogens is 290 g/mol. The molecule has 0 bridgehead atoms. The van der Waals surface area contributed by atoms with Crippen LogP contribution in [0.4, 0.5) is 8.78 Å². The van der Waals surface area contributed by atoms with Crippen LogP contribution in [0.1, 0.15) is 20.3 Å². The van der Waals surface area contributed by atoms with E-state index < -0.39 is 29.0 Å². The second-order valence-electron chi connectivity index (χ2n) is 4.97. The number of alkyl halides is 2. The van der Waals surface area contributed by atoms with E-state index in [1.165, 1.54) is 0 Å². The molecule has 1 unspecified atom stereocenters. The third kappa shape index (κ3) is 5.14. The third-order valence-electron chi connectivity index (χ3n) is 2.61. The number of rotatable bonds is 8. The number of nitrogens with one attached hydrogen (secondary N) is 1. The van der Waals surface area contributed by atoms with E-state index in [4.69, 9.17) is 5.73 Å². The van der Waals surface area contributed by atoms with Crippen LogP contribution < -0.4 is 10.5 Å². The fourth-order valence-corrected chi connectivity index (χ4v) is 2.99. The van der Waals surface area contributed by atoms with Crippen molar-refractivity contribution >= 4 is 10.0 Å². The van der Waals surface area contributed by atoms with E-state index >= 15 is 0 Å². The standard InChI is InChI=1S/C11H20F2N4O2S/c1-8(2)3-9(4-14)16-20(18,19)10-5-15-17(6-10)7-11(12)13/h5-6,8-9,11,16H,3-4,7,14H2,1-2H3. The molecule has 0 aromatic carbocycles. The lowest BCUT2D eigenvalue weighted by atomic mass is 10.1. The van der Waals surface area contributed by atoms with E-state index in [1.54, 1.807) is 0 Å². The Bertz CT molecular complexity index is 516. The molecule has 1 rings (SSSR count). The number of halogens is 2. The summed E-state index contributed by atoms with van der Waals surface area (Å²) in [5, 5.41) is 3.60. The summed E-state index contributed by atoms with van der Waals surface area (Å²) in [7, 11) is -3.79. The van der Waals surface area contributed by atoms with Crippen molar-refractivity contribution in [3.63, 3.8) is 0 Å². The average molecular weight is 310 g/mol. The smallest absolute Gasteiger partial charge is 0.257 e. The van der Waals surface area contributed by atoms with E-state index in [-0.39, 0.29) is 17.4 Å². The SMILES string of the molecule is CC(C)CC(CN)NS(=O)(=O)c1cnn(CC(F)F)c1. The van der Waals surface area contributed by atoms with E-state index in [1.807, 2.05) is 13.8 Å². The van der Waals surface area contributed by atoms with E-state index in [9.17, 15) is 17.2 Å². The van der Waals surface area contributed by atoms with Gasteiger partial charge >= 0.3 is 0 Å². The Kier molecular flexibility index (Phi) is 6.03. The van der Waals surface area contributed by atoms with Crippen molar-refractivity contribution in [2.24, 2.45) is 11.7 Å². The van der Waals surface area contributed by atoms with Gasteiger partial charge in [0.15, 0.2) is 0 Å².